The number of halogens is 2. The number of benzene rings is 1. The van der Waals surface area contributed by atoms with Crippen molar-refractivity contribution in [3.63, 3.8) is 0 Å². The van der Waals surface area contributed by atoms with Crippen LogP contribution < -0.4 is 0 Å². The highest BCUT2D eigenvalue weighted by Crippen LogP contribution is 2.17. The van der Waals surface area contributed by atoms with Crippen LogP contribution in [-0.2, 0) is 6.42 Å². The summed E-state index contributed by atoms with van der Waals surface area (Å²) in [7, 11) is 0. The molecule has 88 valence electrons. The summed E-state index contributed by atoms with van der Waals surface area (Å²) < 4.78 is 26.5. The van der Waals surface area contributed by atoms with E-state index >= 15 is 0 Å². The van der Waals surface area contributed by atoms with Crippen LogP contribution in [0.2, 0.25) is 0 Å². The molecule has 1 fully saturated rings. The second-order valence-electron chi connectivity index (χ2n) is 4.26. The fourth-order valence-corrected chi connectivity index (χ4v) is 2.02. The van der Waals surface area contributed by atoms with Gasteiger partial charge in [0.2, 0.25) is 0 Å². The molecule has 0 saturated carbocycles. The first-order chi connectivity index (χ1) is 7.70. The Balaban J connectivity index is 1.86. The molecule has 16 heavy (non-hydrogen) atoms. The van der Waals surface area contributed by atoms with Gasteiger partial charge in [-0.1, -0.05) is 6.07 Å². The number of rotatable bonds is 4. The van der Waals surface area contributed by atoms with Crippen LogP contribution >= 0.6 is 0 Å². The first-order valence-corrected chi connectivity index (χ1v) is 5.47. The molecule has 1 saturated heterocycles. The lowest BCUT2D eigenvalue weighted by atomic mass is 10.0. The average molecular weight is 227 g/mol. The molecular formula is C12H15F2NO. The third-order valence-corrected chi connectivity index (χ3v) is 3.03. The summed E-state index contributed by atoms with van der Waals surface area (Å²) >= 11 is 0. The highest BCUT2D eigenvalue weighted by molar-refractivity contribution is 5.20. The third kappa shape index (κ3) is 2.39. The van der Waals surface area contributed by atoms with E-state index in [0.717, 1.165) is 13.1 Å². The van der Waals surface area contributed by atoms with Crippen LogP contribution in [0.25, 0.3) is 0 Å². The predicted octanol–water partition coefficient (Wildman–Crippen LogP) is 1.43. The second-order valence-corrected chi connectivity index (χ2v) is 4.26. The fraction of sp³-hybridized carbons (Fsp3) is 0.500. The van der Waals surface area contributed by atoms with Gasteiger partial charge in [-0.05, 0) is 18.6 Å². The summed E-state index contributed by atoms with van der Waals surface area (Å²) in [5, 5.41) is 8.83. The Morgan fingerprint density at radius 1 is 1.25 bits per heavy atom. The van der Waals surface area contributed by atoms with E-state index in [1.165, 1.54) is 18.2 Å². The second kappa shape index (κ2) is 4.89. The number of nitrogens with zero attached hydrogens (tertiary/aromatic N) is 1. The molecule has 1 aromatic rings. The molecule has 0 amide bonds. The van der Waals surface area contributed by atoms with Gasteiger partial charge in [0.15, 0.2) is 0 Å². The van der Waals surface area contributed by atoms with E-state index in [1.54, 1.807) is 0 Å². The Labute approximate surface area is 93.5 Å². The molecule has 0 radical (unpaired) electrons. The highest BCUT2D eigenvalue weighted by Gasteiger charge is 2.25. The Morgan fingerprint density at radius 2 is 1.88 bits per heavy atom. The molecule has 0 spiro atoms. The van der Waals surface area contributed by atoms with Crippen LogP contribution in [0.15, 0.2) is 18.2 Å². The van der Waals surface area contributed by atoms with E-state index in [1.807, 2.05) is 0 Å². The van der Waals surface area contributed by atoms with E-state index in [0.29, 0.717) is 18.9 Å². The maximum atomic E-state index is 13.3. The van der Waals surface area contributed by atoms with E-state index in [-0.39, 0.29) is 12.2 Å². The summed E-state index contributed by atoms with van der Waals surface area (Å²) in [5.41, 5.74) is 0.162. The van der Waals surface area contributed by atoms with Crippen LogP contribution in [0.1, 0.15) is 5.56 Å². The lowest BCUT2D eigenvalue weighted by Crippen LogP contribution is -2.48. The van der Waals surface area contributed by atoms with Crippen molar-refractivity contribution in [2.24, 2.45) is 5.92 Å². The molecule has 1 aliphatic heterocycles. The Kier molecular flexibility index (Phi) is 3.51. The Hall–Kier alpha value is -1.00. The number of aliphatic hydroxyl groups is 1. The minimum Gasteiger partial charge on any atom is -0.396 e. The van der Waals surface area contributed by atoms with E-state index in [9.17, 15) is 8.78 Å². The zero-order valence-corrected chi connectivity index (χ0v) is 9.00. The molecule has 1 aliphatic rings. The van der Waals surface area contributed by atoms with Crippen LogP contribution in [0, 0.1) is 17.6 Å². The van der Waals surface area contributed by atoms with Gasteiger partial charge in [-0.3, -0.25) is 0 Å². The molecule has 4 heteroatoms. The van der Waals surface area contributed by atoms with Gasteiger partial charge in [-0.25, -0.2) is 8.78 Å². The Morgan fingerprint density at radius 3 is 2.44 bits per heavy atom. The van der Waals surface area contributed by atoms with Crippen LogP contribution in [-0.4, -0.2) is 36.2 Å². The van der Waals surface area contributed by atoms with E-state index in [4.69, 9.17) is 5.11 Å². The van der Waals surface area contributed by atoms with Crippen molar-refractivity contribution in [2.45, 2.75) is 6.42 Å². The molecule has 0 unspecified atom stereocenters. The number of aliphatic hydroxyl groups excluding tert-OH is 1. The third-order valence-electron chi connectivity index (χ3n) is 3.03. The number of hydrogen-bond acceptors (Lipinski definition) is 2. The molecular weight excluding hydrogens is 212 g/mol. The lowest BCUT2D eigenvalue weighted by molar-refractivity contribution is 0.0547. The normalized spacial score (nSPS) is 17.4. The topological polar surface area (TPSA) is 23.5 Å². The Bertz CT molecular complexity index is 344. The van der Waals surface area contributed by atoms with Gasteiger partial charge in [0, 0.05) is 37.7 Å². The molecule has 1 heterocycles. The van der Waals surface area contributed by atoms with Gasteiger partial charge in [0.1, 0.15) is 11.6 Å². The minimum atomic E-state index is -0.473. The van der Waals surface area contributed by atoms with Crippen molar-refractivity contribution in [1.82, 2.24) is 4.90 Å². The van der Waals surface area contributed by atoms with Gasteiger partial charge in [0.25, 0.3) is 0 Å². The summed E-state index contributed by atoms with van der Waals surface area (Å²) in [6, 6.07) is 3.94. The average Bonchev–Trinajstić information content (AvgIpc) is 2.19. The van der Waals surface area contributed by atoms with Crippen LogP contribution in [0.3, 0.4) is 0 Å². The van der Waals surface area contributed by atoms with Gasteiger partial charge in [0.05, 0.1) is 0 Å². The van der Waals surface area contributed by atoms with Crippen molar-refractivity contribution < 1.29 is 13.9 Å². The standard InChI is InChI=1S/C12H15F2NO/c13-11-2-1-3-12(14)10(11)4-5-15-6-9(7-15)8-16/h1-3,9,16H,4-8H2. The van der Waals surface area contributed by atoms with Crippen molar-refractivity contribution >= 4 is 0 Å². The van der Waals surface area contributed by atoms with Crippen molar-refractivity contribution in [3.8, 4) is 0 Å². The molecule has 0 aromatic heterocycles. The predicted molar refractivity (Wildman–Crippen MR) is 57.1 cm³/mol. The molecule has 0 atom stereocenters. The fourth-order valence-electron chi connectivity index (χ4n) is 2.02. The monoisotopic (exact) mass is 227 g/mol. The van der Waals surface area contributed by atoms with Gasteiger partial charge >= 0.3 is 0 Å². The van der Waals surface area contributed by atoms with E-state index in [2.05, 4.69) is 4.90 Å². The largest absolute Gasteiger partial charge is 0.396 e. The minimum absolute atomic E-state index is 0.162. The van der Waals surface area contributed by atoms with Gasteiger partial charge in [-0.15, -0.1) is 0 Å². The summed E-state index contributed by atoms with van der Waals surface area (Å²) in [4.78, 5) is 2.09. The zero-order chi connectivity index (χ0) is 11.5. The molecule has 0 bridgehead atoms. The summed E-state index contributed by atoms with van der Waals surface area (Å²) in [5.74, 6) is -0.607. The van der Waals surface area contributed by atoms with Crippen molar-refractivity contribution in [3.05, 3.63) is 35.4 Å². The first kappa shape index (κ1) is 11.5. The van der Waals surface area contributed by atoms with Crippen molar-refractivity contribution in [1.29, 1.82) is 0 Å². The summed E-state index contributed by atoms with van der Waals surface area (Å²) in [6.45, 7) is 2.50. The summed E-state index contributed by atoms with van der Waals surface area (Å²) in [6.07, 6.45) is 0.386. The molecule has 0 aliphatic carbocycles. The maximum absolute atomic E-state index is 13.3. The molecule has 2 nitrogen and oxygen atoms in total. The molecule has 1 N–H and O–H groups in total. The SMILES string of the molecule is OCC1CN(CCc2c(F)cccc2F)C1. The highest BCUT2D eigenvalue weighted by atomic mass is 19.1. The smallest absolute Gasteiger partial charge is 0.129 e. The number of hydrogen-bond donors (Lipinski definition) is 1. The first-order valence-electron chi connectivity index (χ1n) is 5.47. The van der Waals surface area contributed by atoms with Gasteiger partial charge < -0.3 is 10.0 Å². The van der Waals surface area contributed by atoms with Gasteiger partial charge in [-0.2, -0.15) is 0 Å². The zero-order valence-electron chi connectivity index (χ0n) is 9.00. The number of likely N-dealkylation sites (tertiary alicyclic amines) is 1. The lowest BCUT2D eigenvalue weighted by Gasteiger charge is -2.38. The van der Waals surface area contributed by atoms with Crippen LogP contribution in [0.5, 0.6) is 0 Å². The van der Waals surface area contributed by atoms with Crippen LogP contribution in [0.4, 0.5) is 8.78 Å². The molecule has 2 rings (SSSR count). The maximum Gasteiger partial charge on any atom is 0.129 e. The quantitative estimate of drug-likeness (QED) is 0.841. The molecule has 1 aromatic carbocycles. The van der Waals surface area contributed by atoms with E-state index < -0.39 is 11.6 Å². The van der Waals surface area contributed by atoms with Crippen molar-refractivity contribution in [2.75, 3.05) is 26.2 Å².